The highest BCUT2D eigenvalue weighted by Crippen LogP contribution is 2.24. The minimum atomic E-state index is -1.20. The average molecular weight is 370 g/mol. The van der Waals surface area contributed by atoms with Crippen LogP contribution in [0, 0.1) is 0 Å². The molecule has 0 aliphatic heterocycles. The van der Waals surface area contributed by atoms with Crippen LogP contribution in [0.1, 0.15) is 6.42 Å². The highest BCUT2D eigenvalue weighted by molar-refractivity contribution is 5.91. The quantitative estimate of drug-likeness (QED) is 0.764. The van der Waals surface area contributed by atoms with Crippen LogP contribution in [-0.4, -0.2) is 50.6 Å². The number of carbonyl (C=O) groups is 2. The molecule has 27 heavy (non-hydrogen) atoms. The molecule has 2 aromatic rings. The van der Waals surface area contributed by atoms with Gasteiger partial charge >= 0.3 is 6.03 Å². The maximum atomic E-state index is 12.4. The Morgan fingerprint density at radius 3 is 2.15 bits per heavy atom. The third-order valence-electron chi connectivity index (χ3n) is 3.83. The van der Waals surface area contributed by atoms with E-state index < -0.39 is 12.0 Å². The van der Waals surface area contributed by atoms with Gasteiger partial charge in [0, 0.05) is 37.7 Å². The number of urea groups is 1. The van der Waals surface area contributed by atoms with Crippen molar-refractivity contribution in [2.75, 3.05) is 32.6 Å². The van der Waals surface area contributed by atoms with E-state index in [9.17, 15) is 14.7 Å². The van der Waals surface area contributed by atoms with Gasteiger partial charge in [-0.25, -0.2) is 4.79 Å². The summed E-state index contributed by atoms with van der Waals surface area (Å²) in [5.74, 6) is 0.179. The van der Waals surface area contributed by atoms with Crippen molar-refractivity contribution in [3.8, 4) is 11.5 Å². The van der Waals surface area contributed by atoms with Crippen LogP contribution in [0.5, 0.6) is 11.5 Å². The zero-order chi connectivity index (χ0) is 19.8. The van der Waals surface area contributed by atoms with Crippen LogP contribution >= 0.6 is 0 Å². The first-order chi connectivity index (χ1) is 12.8. The van der Waals surface area contributed by atoms with Gasteiger partial charge in [0.2, 0.25) is 0 Å². The van der Waals surface area contributed by atoms with Gasteiger partial charge in [-0.3, -0.25) is 4.90 Å². The maximum absolute atomic E-state index is 12.4. The number of rotatable bonds is 8. The van der Waals surface area contributed by atoms with Gasteiger partial charge in [-0.1, -0.05) is 18.2 Å². The van der Waals surface area contributed by atoms with Crippen molar-refractivity contribution in [2.45, 2.75) is 12.5 Å². The number of amides is 2. The Kier molecular flexibility index (Phi) is 7.19. The molecule has 0 aliphatic rings. The van der Waals surface area contributed by atoms with E-state index >= 15 is 0 Å². The zero-order valence-electron chi connectivity index (χ0n) is 15.7. The Labute approximate surface area is 159 Å². The number of carboxylic acid groups (broad SMARTS) is 1. The van der Waals surface area contributed by atoms with E-state index in [1.807, 2.05) is 49.3 Å². The number of hydrogen-bond donors (Lipinski definition) is 1. The minimum Gasteiger partial charge on any atom is -0.550 e. The molecule has 144 valence electrons. The lowest BCUT2D eigenvalue weighted by Gasteiger charge is -2.26. The number of para-hydroxylation sites is 1. The molecule has 0 aliphatic carbocycles. The van der Waals surface area contributed by atoms with Gasteiger partial charge in [0.05, 0.1) is 0 Å². The summed E-state index contributed by atoms with van der Waals surface area (Å²) in [5.41, 5.74) is 0.657. The summed E-state index contributed by atoms with van der Waals surface area (Å²) in [7, 11) is 5.24. The molecule has 2 rings (SSSR count). The topological polar surface area (TPSA) is 84.9 Å². The second kappa shape index (κ2) is 9.59. The van der Waals surface area contributed by atoms with Crippen molar-refractivity contribution in [3.63, 3.8) is 0 Å². The second-order valence-corrected chi connectivity index (χ2v) is 6.45. The SMILES string of the molecule is CN(C)C[C@@H](CC(=O)[O-])NC(=O)N(C)c1ccc(Oc2ccccc2)cc1. The van der Waals surface area contributed by atoms with Crippen molar-refractivity contribution in [1.29, 1.82) is 0 Å². The van der Waals surface area contributed by atoms with Crippen LogP contribution in [0.2, 0.25) is 0 Å². The number of carbonyl (C=O) groups excluding carboxylic acids is 2. The number of nitrogens with zero attached hydrogens (tertiary/aromatic N) is 2. The number of carboxylic acids is 1. The molecule has 7 heteroatoms. The third kappa shape index (κ3) is 6.63. The van der Waals surface area contributed by atoms with E-state index in [1.54, 1.807) is 31.3 Å². The summed E-state index contributed by atoms with van der Waals surface area (Å²) < 4.78 is 5.73. The van der Waals surface area contributed by atoms with Gasteiger partial charge in [-0.15, -0.1) is 0 Å². The van der Waals surface area contributed by atoms with E-state index in [0.29, 0.717) is 18.0 Å². The van der Waals surface area contributed by atoms with E-state index in [2.05, 4.69) is 5.32 Å². The lowest BCUT2D eigenvalue weighted by atomic mass is 10.2. The van der Waals surface area contributed by atoms with Gasteiger partial charge in [0.1, 0.15) is 11.5 Å². The standard InChI is InChI=1S/C20H25N3O4/c1-22(2)14-15(13-19(24)25)21-20(26)23(3)16-9-11-18(12-10-16)27-17-7-5-4-6-8-17/h4-12,15H,13-14H2,1-3H3,(H,21,26)(H,24,25)/p-1/t15-/m1/s1. The molecule has 0 spiro atoms. The van der Waals surface area contributed by atoms with Crippen molar-refractivity contribution < 1.29 is 19.4 Å². The minimum absolute atomic E-state index is 0.248. The fourth-order valence-electron chi connectivity index (χ4n) is 2.55. The number of benzene rings is 2. The zero-order valence-corrected chi connectivity index (χ0v) is 15.7. The highest BCUT2D eigenvalue weighted by Gasteiger charge is 2.17. The second-order valence-electron chi connectivity index (χ2n) is 6.45. The van der Waals surface area contributed by atoms with Crippen LogP contribution in [0.25, 0.3) is 0 Å². The lowest BCUT2D eigenvalue weighted by molar-refractivity contribution is -0.306. The molecule has 1 atom stereocenters. The van der Waals surface area contributed by atoms with E-state index in [4.69, 9.17) is 4.74 Å². The molecule has 0 saturated heterocycles. The first-order valence-electron chi connectivity index (χ1n) is 8.57. The third-order valence-corrected chi connectivity index (χ3v) is 3.83. The molecule has 0 bridgehead atoms. The average Bonchev–Trinajstić information content (AvgIpc) is 2.61. The Bertz CT molecular complexity index is 748. The first-order valence-corrected chi connectivity index (χ1v) is 8.57. The van der Waals surface area contributed by atoms with Gasteiger partial charge in [-0.05, 0) is 50.5 Å². The summed E-state index contributed by atoms with van der Waals surface area (Å²) in [6.07, 6.45) is -0.248. The number of likely N-dealkylation sites (N-methyl/N-ethyl adjacent to an activating group) is 1. The maximum Gasteiger partial charge on any atom is 0.321 e. The van der Waals surface area contributed by atoms with Gasteiger partial charge in [0.15, 0.2) is 0 Å². The fraction of sp³-hybridized carbons (Fsp3) is 0.300. The molecule has 0 saturated carbocycles. The predicted octanol–water partition coefficient (Wildman–Crippen LogP) is 1.69. The summed E-state index contributed by atoms with van der Waals surface area (Å²) in [5, 5.41) is 13.6. The van der Waals surface area contributed by atoms with Gasteiger partial charge < -0.3 is 24.9 Å². The Morgan fingerprint density at radius 1 is 1.00 bits per heavy atom. The first kappa shape index (κ1) is 20.3. The Balaban J connectivity index is 1.99. The largest absolute Gasteiger partial charge is 0.550 e. The lowest BCUT2D eigenvalue weighted by Crippen LogP contribution is -2.49. The van der Waals surface area contributed by atoms with Crippen molar-refractivity contribution in [2.24, 2.45) is 0 Å². The molecular weight excluding hydrogens is 346 g/mol. The summed E-state index contributed by atoms with van der Waals surface area (Å²) in [6, 6.07) is 15.5. The molecule has 0 radical (unpaired) electrons. The monoisotopic (exact) mass is 370 g/mol. The normalized spacial score (nSPS) is 11.7. The summed E-state index contributed by atoms with van der Waals surface area (Å²) >= 11 is 0. The molecule has 0 heterocycles. The highest BCUT2D eigenvalue weighted by atomic mass is 16.5. The van der Waals surface area contributed by atoms with Gasteiger partial charge in [-0.2, -0.15) is 0 Å². The number of anilines is 1. The summed E-state index contributed by atoms with van der Waals surface area (Å²) in [4.78, 5) is 26.6. The molecule has 0 unspecified atom stereocenters. The van der Waals surface area contributed by atoms with E-state index in [0.717, 1.165) is 5.75 Å². The molecule has 2 aromatic carbocycles. The van der Waals surface area contributed by atoms with Crippen molar-refractivity contribution in [3.05, 3.63) is 54.6 Å². The number of aliphatic carboxylic acids is 1. The molecule has 2 amide bonds. The summed E-state index contributed by atoms with van der Waals surface area (Å²) in [6.45, 7) is 0.400. The molecule has 0 aromatic heterocycles. The van der Waals surface area contributed by atoms with Crippen LogP contribution in [0.3, 0.4) is 0 Å². The van der Waals surface area contributed by atoms with Crippen LogP contribution in [-0.2, 0) is 4.79 Å². The Morgan fingerprint density at radius 2 is 1.59 bits per heavy atom. The number of nitrogens with one attached hydrogen (secondary N) is 1. The predicted molar refractivity (Wildman–Crippen MR) is 102 cm³/mol. The molecule has 7 nitrogen and oxygen atoms in total. The number of ether oxygens (including phenoxy) is 1. The van der Waals surface area contributed by atoms with E-state index in [1.165, 1.54) is 4.90 Å². The smallest absolute Gasteiger partial charge is 0.321 e. The molecule has 0 fully saturated rings. The van der Waals surface area contributed by atoms with Crippen molar-refractivity contribution in [1.82, 2.24) is 10.2 Å². The molecule has 1 N–H and O–H groups in total. The number of hydrogen-bond acceptors (Lipinski definition) is 5. The van der Waals surface area contributed by atoms with Crippen LogP contribution in [0.4, 0.5) is 10.5 Å². The molecular formula is C20H24N3O4-. The Hall–Kier alpha value is -3.06. The fourth-order valence-corrected chi connectivity index (χ4v) is 2.55. The van der Waals surface area contributed by atoms with Crippen LogP contribution in [0.15, 0.2) is 54.6 Å². The van der Waals surface area contributed by atoms with Crippen molar-refractivity contribution >= 4 is 17.7 Å². The van der Waals surface area contributed by atoms with E-state index in [-0.39, 0.29) is 12.5 Å². The van der Waals surface area contributed by atoms with Crippen LogP contribution < -0.4 is 20.1 Å². The van der Waals surface area contributed by atoms with Gasteiger partial charge in [0.25, 0.3) is 0 Å².